The third-order valence-electron chi connectivity index (χ3n) is 14.1. The Morgan fingerprint density at radius 2 is 1.91 bits per heavy atom. The van der Waals surface area contributed by atoms with Gasteiger partial charge in [-0.15, -0.1) is 0 Å². The number of aliphatic imine (C=N–C) groups is 2. The molecule has 0 aromatic heterocycles. The van der Waals surface area contributed by atoms with E-state index in [1.807, 2.05) is 61.8 Å². The number of nitrogens with one attached hydrogen (secondary N) is 1. The van der Waals surface area contributed by atoms with Crippen LogP contribution in [0.25, 0.3) is 0 Å². The molecule has 11 atom stereocenters. The van der Waals surface area contributed by atoms with Gasteiger partial charge in [0.2, 0.25) is 0 Å². The van der Waals surface area contributed by atoms with Crippen molar-refractivity contribution in [3.05, 3.63) is 93.3 Å². The summed E-state index contributed by atoms with van der Waals surface area (Å²) in [4.78, 5) is 23.9. The van der Waals surface area contributed by atoms with E-state index in [1.54, 1.807) is 0 Å². The molecule has 0 radical (unpaired) electrons. The molecule has 2 aromatic carbocycles. The Labute approximate surface area is 339 Å². The highest BCUT2D eigenvalue weighted by Gasteiger charge is 2.52. The van der Waals surface area contributed by atoms with Crippen LogP contribution in [0.3, 0.4) is 0 Å². The maximum absolute atomic E-state index is 13.2. The molecule has 5 heterocycles. The standard InChI is InChI=1S/C48H50N4O6/c1-27-4-9-32(40(55)20-27)41(56)22-30(53)8-5-28-6-15-42-43(21-28)58-47-37(48(18-19-57-42)16-2-3-17-48)13-14-39(54)33-11-12-34-44-29(23-51-46(34)49)7-10-31(45(33)44)35-24-50-38-26-52(47)25-36(35)38/h4,6,9,11-12,15,21,23-24,26-27,29,31-32,37,39-41,46-47,54-56H,2-3,5,7-8,10,16-17,20,22,25,49H2,1H3/p+1/t27-,29-,31-,32+,37-,39+,40-,41+,46-,47-/m1/s1. The SMILES string of the molecule is C[C@@H]1C=C[C@H]([C@@H](O)CC(=O)CCc2ccc3c(c2)O[C@@H]2[C@@H](C#C[C@H](O)c4ccc5c6c4[C@H](CC[C@@H]6C=N[C@H]5N)C4=C5C[NH+]2C=C5N=C4)C2(C#CO3)CCCC2)[C@H](O)C1. The smallest absolute Gasteiger partial charge is 0.252 e. The van der Waals surface area contributed by atoms with Crippen molar-refractivity contribution >= 4 is 18.2 Å². The summed E-state index contributed by atoms with van der Waals surface area (Å²) in [5.41, 5.74) is 14.4. The fourth-order valence-electron chi connectivity index (χ4n) is 11.0. The molecule has 10 heteroatoms. The van der Waals surface area contributed by atoms with E-state index in [-0.39, 0.29) is 42.3 Å². The molecule has 1 unspecified atom stereocenters. The molecule has 6 N–H and O–H groups in total. The summed E-state index contributed by atoms with van der Waals surface area (Å²) >= 11 is 0. The van der Waals surface area contributed by atoms with Crippen LogP contribution in [0.4, 0.5) is 0 Å². The zero-order chi connectivity index (χ0) is 39.7. The highest BCUT2D eigenvalue weighted by atomic mass is 16.5. The third kappa shape index (κ3) is 6.47. The predicted molar refractivity (Wildman–Crippen MR) is 219 cm³/mol. The van der Waals surface area contributed by atoms with Crippen LogP contribution in [0.2, 0.25) is 0 Å². The Kier molecular flexibility index (Phi) is 9.55. The number of ketones is 1. The normalized spacial score (nSPS) is 33.5. The topological polar surface area (TPSA) is 151 Å². The monoisotopic (exact) mass is 779 g/mol. The molecular formula is C48H51N4O6+. The number of carbonyl (C=O) groups is 1. The van der Waals surface area contributed by atoms with Gasteiger partial charge in [-0.1, -0.05) is 67.9 Å². The maximum atomic E-state index is 13.2. The van der Waals surface area contributed by atoms with Gasteiger partial charge in [0.15, 0.2) is 11.5 Å². The number of rotatable bonds is 6. The summed E-state index contributed by atoms with van der Waals surface area (Å²) in [6, 6.07) is 9.77. The van der Waals surface area contributed by atoms with Gasteiger partial charge in [0, 0.05) is 48.6 Å². The second kappa shape index (κ2) is 14.8. The van der Waals surface area contributed by atoms with Gasteiger partial charge >= 0.3 is 0 Å². The number of allylic oxidation sites excluding steroid dienone is 2. The van der Waals surface area contributed by atoms with Crippen molar-refractivity contribution in [1.82, 2.24) is 0 Å². The number of ether oxygens (including phenoxy) is 2. The highest BCUT2D eigenvalue weighted by Crippen LogP contribution is 2.51. The Morgan fingerprint density at radius 1 is 1.07 bits per heavy atom. The van der Waals surface area contributed by atoms with Crippen molar-refractivity contribution in [3.63, 3.8) is 0 Å². The first kappa shape index (κ1) is 37.5. The number of Topliss-reactive ketones (excluding diaryl/α,β-unsaturated/α-hetero) is 1. The summed E-state index contributed by atoms with van der Waals surface area (Å²) in [7, 11) is 0. The Balaban J connectivity index is 1.00. The predicted octanol–water partition coefficient (Wildman–Crippen LogP) is 4.62. The lowest BCUT2D eigenvalue weighted by Gasteiger charge is -2.38. The van der Waals surface area contributed by atoms with Gasteiger partial charge in [-0.3, -0.25) is 19.7 Å². The maximum Gasteiger partial charge on any atom is 0.252 e. The first-order chi connectivity index (χ1) is 28.2. The molecule has 1 fully saturated rings. The molecule has 58 heavy (non-hydrogen) atoms. The lowest BCUT2D eigenvalue weighted by Crippen LogP contribution is -3.12. The summed E-state index contributed by atoms with van der Waals surface area (Å²) in [5.74, 6) is 11.1. The second-order valence-electron chi connectivity index (χ2n) is 17.8. The number of nitrogens with zero attached hydrogens (tertiary/aromatic N) is 2. The number of quaternary nitrogens is 1. The molecule has 5 aliphatic heterocycles. The van der Waals surface area contributed by atoms with Crippen molar-refractivity contribution in [2.24, 2.45) is 38.9 Å². The zero-order valence-corrected chi connectivity index (χ0v) is 32.9. The van der Waals surface area contributed by atoms with Crippen LogP contribution >= 0.6 is 0 Å². The molecule has 3 aliphatic carbocycles. The van der Waals surface area contributed by atoms with Crippen LogP contribution in [-0.4, -0.2) is 58.5 Å². The summed E-state index contributed by atoms with van der Waals surface area (Å²) in [6.45, 7) is 2.70. The number of fused-ring (bicyclic) bond motifs is 6. The van der Waals surface area contributed by atoms with E-state index in [0.717, 1.165) is 71.4 Å². The summed E-state index contributed by atoms with van der Waals surface area (Å²) < 4.78 is 13.3. The van der Waals surface area contributed by atoms with Crippen LogP contribution in [0.15, 0.2) is 75.5 Å². The largest absolute Gasteiger partial charge is 0.437 e. The van der Waals surface area contributed by atoms with Crippen LogP contribution < -0.4 is 20.1 Å². The number of benzene rings is 2. The first-order valence-electron chi connectivity index (χ1n) is 21.2. The fourth-order valence-corrected chi connectivity index (χ4v) is 11.0. The lowest BCUT2D eigenvalue weighted by atomic mass is 9.68. The van der Waals surface area contributed by atoms with E-state index in [2.05, 4.69) is 35.1 Å². The van der Waals surface area contributed by atoms with Gasteiger partial charge in [0.05, 0.1) is 17.6 Å². The molecule has 1 saturated carbocycles. The van der Waals surface area contributed by atoms with E-state index in [4.69, 9.17) is 20.2 Å². The fraction of sp³-hybridized carbons (Fsp3) is 0.479. The number of nitrogens with two attached hydrogens (primary N) is 1. The van der Waals surface area contributed by atoms with E-state index < -0.39 is 42.0 Å². The number of aryl methyl sites for hydroxylation is 1. The molecular weight excluding hydrogens is 729 g/mol. The molecule has 1 spiro atoms. The minimum absolute atomic E-state index is 0.0135. The molecule has 0 amide bonds. The zero-order valence-electron chi connectivity index (χ0n) is 32.9. The van der Waals surface area contributed by atoms with Gasteiger partial charge in [-0.05, 0) is 90.0 Å². The van der Waals surface area contributed by atoms with Crippen molar-refractivity contribution in [2.75, 3.05) is 6.54 Å². The van der Waals surface area contributed by atoms with Crippen molar-refractivity contribution < 1.29 is 34.5 Å². The van der Waals surface area contributed by atoms with E-state index in [9.17, 15) is 20.1 Å². The Bertz CT molecular complexity index is 2330. The molecule has 2 bridgehead atoms. The Morgan fingerprint density at radius 3 is 2.76 bits per heavy atom. The summed E-state index contributed by atoms with van der Waals surface area (Å²) in [6.07, 6.45) is 16.3. The van der Waals surface area contributed by atoms with E-state index in [0.29, 0.717) is 30.9 Å². The number of hydrogen-bond donors (Lipinski definition) is 5. The first-order valence-corrected chi connectivity index (χ1v) is 21.2. The number of hydrogen-bond acceptors (Lipinski definition) is 9. The molecule has 2 aromatic rings. The molecule has 0 saturated heterocycles. The van der Waals surface area contributed by atoms with Gasteiger partial charge in [0.1, 0.15) is 48.5 Å². The second-order valence-corrected chi connectivity index (χ2v) is 17.8. The quantitative estimate of drug-likeness (QED) is 0.212. The Hall–Kier alpha value is -4.81. The van der Waals surface area contributed by atoms with Gasteiger partial charge in [-0.2, -0.15) is 0 Å². The van der Waals surface area contributed by atoms with Crippen LogP contribution in [0.1, 0.15) is 117 Å². The molecule has 8 aliphatic rings. The van der Waals surface area contributed by atoms with Gasteiger partial charge < -0.3 is 30.5 Å². The molecule has 10 rings (SSSR count). The minimum Gasteiger partial charge on any atom is -0.437 e. The number of aliphatic hydroxyl groups is 3. The average molecular weight is 780 g/mol. The third-order valence-corrected chi connectivity index (χ3v) is 14.1. The van der Waals surface area contributed by atoms with Crippen molar-refractivity contribution in [3.8, 4) is 35.4 Å². The van der Waals surface area contributed by atoms with E-state index in [1.165, 1.54) is 16.7 Å². The lowest BCUT2D eigenvalue weighted by molar-refractivity contribution is -0.891. The average Bonchev–Trinajstić information content (AvgIpc) is 3.96. The molecule has 298 valence electrons. The van der Waals surface area contributed by atoms with Gasteiger partial charge in [0.25, 0.3) is 6.23 Å². The van der Waals surface area contributed by atoms with Crippen molar-refractivity contribution in [1.29, 1.82) is 0 Å². The summed E-state index contributed by atoms with van der Waals surface area (Å²) in [5, 5.41) is 33.5. The van der Waals surface area contributed by atoms with E-state index >= 15 is 0 Å². The highest BCUT2D eigenvalue weighted by molar-refractivity contribution is 5.89. The van der Waals surface area contributed by atoms with Crippen LogP contribution in [0.5, 0.6) is 11.5 Å². The number of aliphatic hydroxyl groups excluding tert-OH is 3. The van der Waals surface area contributed by atoms with Crippen LogP contribution in [0, 0.1) is 47.0 Å². The van der Waals surface area contributed by atoms with Crippen LogP contribution in [-0.2, 0) is 11.2 Å². The number of carbonyl (C=O) groups excluding carboxylic acids is 1. The van der Waals surface area contributed by atoms with Crippen molar-refractivity contribution in [2.45, 2.75) is 114 Å². The molecule has 10 nitrogen and oxygen atoms in total. The van der Waals surface area contributed by atoms with Gasteiger partial charge in [-0.25, -0.2) is 0 Å². The minimum atomic E-state index is -1.04.